The summed E-state index contributed by atoms with van der Waals surface area (Å²) < 4.78 is 0. The van der Waals surface area contributed by atoms with E-state index in [1.165, 1.54) is 16.9 Å². The Balaban J connectivity index is 2.31. The Morgan fingerprint density at radius 1 is 1.38 bits per heavy atom. The van der Waals surface area contributed by atoms with Crippen LogP contribution in [0.2, 0.25) is 0 Å². The normalized spacial score (nSPS) is 24.5. The molecule has 1 heterocycles. The van der Waals surface area contributed by atoms with E-state index in [9.17, 15) is 0 Å². The van der Waals surface area contributed by atoms with Gasteiger partial charge >= 0.3 is 0 Å². The summed E-state index contributed by atoms with van der Waals surface area (Å²) in [6, 6.07) is 9.40. The second kappa shape index (κ2) is 5.24. The van der Waals surface area contributed by atoms with E-state index >= 15 is 0 Å². The fourth-order valence-electron chi connectivity index (χ4n) is 2.45. The molecular formula is C14H21NS. The second-order valence-corrected chi connectivity index (χ2v) is 5.92. The van der Waals surface area contributed by atoms with E-state index in [0.29, 0.717) is 11.3 Å². The largest absolute Gasteiger partial charge is 0.309 e. The molecular weight excluding hydrogens is 214 g/mol. The topological polar surface area (TPSA) is 12.0 Å². The predicted molar refractivity (Wildman–Crippen MR) is 72.8 cm³/mol. The fourth-order valence-corrected chi connectivity index (χ4v) is 3.91. The zero-order chi connectivity index (χ0) is 11.5. The number of rotatable bonds is 3. The molecule has 0 aromatic heterocycles. The van der Waals surface area contributed by atoms with Crippen molar-refractivity contribution in [3.05, 3.63) is 35.4 Å². The molecule has 2 heteroatoms. The minimum absolute atomic E-state index is 0.528. The van der Waals surface area contributed by atoms with Gasteiger partial charge < -0.3 is 5.32 Å². The average molecular weight is 235 g/mol. The Kier molecular flexibility index (Phi) is 3.93. The molecule has 1 aliphatic heterocycles. The summed E-state index contributed by atoms with van der Waals surface area (Å²) >= 11 is 2.10. The lowest BCUT2D eigenvalue weighted by Gasteiger charge is -2.36. The lowest BCUT2D eigenvalue weighted by atomic mass is 9.92. The van der Waals surface area contributed by atoms with Gasteiger partial charge in [0.05, 0.1) is 0 Å². The van der Waals surface area contributed by atoms with Crippen molar-refractivity contribution in [1.29, 1.82) is 0 Å². The lowest BCUT2D eigenvalue weighted by Crippen LogP contribution is -2.36. The Hall–Kier alpha value is -0.470. The van der Waals surface area contributed by atoms with E-state index in [4.69, 9.17) is 0 Å². The molecule has 16 heavy (non-hydrogen) atoms. The monoisotopic (exact) mass is 235 g/mol. The number of hydrogen-bond acceptors (Lipinski definition) is 2. The van der Waals surface area contributed by atoms with E-state index in [-0.39, 0.29) is 0 Å². The van der Waals surface area contributed by atoms with Crippen LogP contribution in [0.3, 0.4) is 0 Å². The van der Waals surface area contributed by atoms with Crippen LogP contribution < -0.4 is 5.32 Å². The summed E-state index contributed by atoms with van der Waals surface area (Å²) in [4.78, 5) is 0. The summed E-state index contributed by atoms with van der Waals surface area (Å²) in [6.45, 7) is 7.90. The van der Waals surface area contributed by atoms with Gasteiger partial charge in [-0.2, -0.15) is 11.8 Å². The molecule has 0 aliphatic carbocycles. The first-order valence-corrected chi connectivity index (χ1v) is 7.21. The van der Waals surface area contributed by atoms with Crippen LogP contribution in [0.15, 0.2) is 24.3 Å². The molecule has 0 spiro atoms. The molecule has 2 atom stereocenters. The van der Waals surface area contributed by atoms with Crippen molar-refractivity contribution in [3.8, 4) is 0 Å². The minimum atomic E-state index is 0.528. The molecule has 0 bridgehead atoms. The van der Waals surface area contributed by atoms with Crippen molar-refractivity contribution >= 4 is 11.8 Å². The highest BCUT2D eigenvalue weighted by atomic mass is 32.2. The van der Waals surface area contributed by atoms with Crippen LogP contribution in [0.5, 0.6) is 0 Å². The van der Waals surface area contributed by atoms with Crippen molar-refractivity contribution in [2.45, 2.75) is 37.8 Å². The maximum absolute atomic E-state index is 3.65. The highest BCUT2D eigenvalue weighted by molar-refractivity contribution is 7.99. The van der Waals surface area contributed by atoms with Gasteiger partial charge in [0.2, 0.25) is 0 Å². The maximum Gasteiger partial charge on any atom is 0.0446 e. The van der Waals surface area contributed by atoms with E-state index in [2.05, 4.69) is 62.1 Å². The number of hydrogen-bond donors (Lipinski definition) is 1. The maximum atomic E-state index is 3.65. The Morgan fingerprint density at radius 2 is 2.12 bits per heavy atom. The highest BCUT2D eigenvalue weighted by Crippen LogP contribution is 2.40. The van der Waals surface area contributed by atoms with Crippen molar-refractivity contribution < 1.29 is 0 Å². The van der Waals surface area contributed by atoms with E-state index < -0.39 is 0 Å². The first kappa shape index (κ1) is 12.0. The Morgan fingerprint density at radius 3 is 2.81 bits per heavy atom. The average Bonchev–Trinajstić information content (AvgIpc) is 2.29. The predicted octanol–water partition coefficient (Wildman–Crippen LogP) is 3.61. The molecule has 0 saturated heterocycles. The van der Waals surface area contributed by atoms with Crippen LogP contribution in [0.25, 0.3) is 0 Å². The van der Waals surface area contributed by atoms with Crippen LogP contribution in [-0.2, 0) is 5.75 Å². The van der Waals surface area contributed by atoms with Gasteiger partial charge in [-0.1, -0.05) is 45.0 Å². The van der Waals surface area contributed by atoms with Crippen LogP contribution in [0.4, 0.5) is 0 Å². The van der Waals surface area contributed by atoms with Crippen molar-refractivity contribution in [1.82, 2.24) is 5.32 Å². The number of nitrogens with one attached hydrogen (secondary N) is 1. The number of fused-ring (bicyclic) bond motifs is 1. The molecule has 0 saturated carbocycles. The molecule has 2 unspecified atom stereocenters. The van der Waals surface area contributed by atoms with Gasteiger partial charge in [-0.05, 0) is 23.6 Å². The first-order valence-electron chi connectivity index (χ1n) is 6.16. The minimum Gasteiger partial charge on any atom is -0.309 e. The van der Waals surface area contributed by atoms with E-state index in [1.807, 2.05) is 0 Å². The summed E-state index contributed by atoms with van der Waals surface area (Å²) in [7, 11) is 0. The van der Waals surface area contributed by atoms with Crippen LogP contribution in [0, 0.1) is 5.92 Å². The van der Waals surface area contributed by atoms with Crippen LogP contribution in [0.1, 0.15) is 37.9 Å². The molecule has 0 fully saturated rings. The summed E-state index contributed by atoms with van der Waals surface area (Å²) in [5, 5.41) is 4.35. The van der Waals surface area contributed by atoms with Gasteiger partial charge in [0.1, 0.15) is 0 Å². The van der Waals surface area contributed by atoms with Gasteiger partial charge in [0, 0.05) is 17.0 Å². The van der Waals surface area contributed by atoms with Crippen molar-refractivity contribution in [3.63, 3.8) is 0 Å². The SMILES string of the molecule is CCNC1c2ccccc2CSC1C(C)C. The third-order valence-corrected chi connectivity index (χ3v) is 4.91. The molecule has 1 aliphatic rings. The van der Waals surface area contributed by atoms with Gasteiger partial charge in [0.15, 0.2) is 0 Å². The van der Waals surface area contributed by atoms with E-state index in [1.54, 1.807) is 0 Å². The Bertz CT molecular complexity index is 348. The third-order valence-electron chi connectivity index (χ3n) is 3.23. The fraction of sp³-hybridized carbons (Fsp3) is 0.571. The molecule has 88 valence electrons. The molecule has 0 radical (unpaired) electrons. The van der Waals surface area contributed by atoms with Gasteiger partial charge in [-0.15, -0.1) is 0 Å². The standard InChI is InChI=1S/C14H21NS/c1-4-15-13-12-8-6-5-7-11(12)9-16-14(13)10(2)3/h5-8,10,13-15H,4,9H2,1-3H3. The summed E-state index contributed by atoms with van der Waals surface area (Å²) in [6.07, 6.45) is 0. The first-order chi connectivity index (χ1) is 7.74. The zero-order valence-corrected chi connectivity index (χ0v) is 11.2. The van der Waals surface area contributed by atoms with E-state index in [0.717, 1.165) is 12.5 Å². The number of benzene rings is 1. The lowest BCUT2D eigenvalue weighted by molar-refractivity contribution is 0.447. The van der Waals surface area contributed by atoms with Crippen LogP contribution >= 0.6 is 11.8 Å². The van der Waals surface area contributed by atoms with Gasteiger partial charge in [-0.25, -0.2) is 0 Å². The Labute approximate surface area is 103 Å². The van der Waals surface area contributed by atoms with Crippen LogP contribution in [-0.4, -0.2) is 11.8 Å². The molecule has 0 amide bonds. The molecule has 1 aromatic carbocycles. The highest BCUT2D eigenvalue weighted by Gasteiger charge is 2.30. The quantitative estimate of drug-likeness (QED) is 0.859. The number of thioether (sulfide) groups is 1. The second-order valence-electron chi connectivity index (χ2n) is 4.75. The molecule has 1 nitrogen and oxygen atoms in total. The molecule has 1 N–H and O–H groups in total. The molecule has 2 rings (SSSR count). The van der Waals surface area contributed by atoms with Crippen molar-refractivity contribution in [2.75, 3.05) is 6.54 Å². The van der Waals surface area contributed by atoms with Gasteiger partial charge in [0.25, 0.3) is 0 Å². The summed E-state index contributed by atoms with van der Waals surface area (Å²) in [5.74, 6) is 1.89. The van der Waals surface area contributed by atoms with Crippen molar-refractivity contribution in [2.24, 2.45) is 5.92 Å². The smallest absolute Gasteiger partial charge is 0.0446 e. The van der Waals surface area contributed by atoms with Gasteiger partial charge in [-0.3, -0.25) is 0 Å². The molecule has 1 aromatic rings. The zero-order valence-electron chi connectivity index (χ0n) is 10.4. The third kappa shape index (κ3) is 2.28. The summed E-state index contributed by atoms with van der Waals surface area (Å²) in [5.41, 5.74) is 3.03.